The summed E-state index contributed by atoms with van der Waals surface area (Å²) in [5.74, 6) is 4.05. The summed E-state index contributed by atoms with van der Waals surface area (Å²) in [6, 6.07) is 0. The maximum atomic E-state index is 2.49. The molecular weight excluding hydrogens is 300 g/mol. The Morgan fingerprint density at radius 3 is 1.72 bits per heavy atom. The maximum absolute atomic E-state index is 2.49. The van der Waals surface area contributed by atoms with Crippen molar-refractivity contribution in [2.75, 3.05) is 0 Å². The summed E-state index contributed by atoms with van der Waals surface area (Å²) >= 11 is 0. The van der Waals surface area contributed by atoms with Crippen LogP contribution in [0.4, 0.5) is 0 Å². The van der Waals surface area contributed by atoms with E-state index in [0.717, 1.165) is 23.7 Å². The Labute approximate surface area is 158 Å². The molecule has 144 valence electrons. The maximum Gasteiger partial charge on any atom is -0.0233 e. The molecule has 0 saturated heterocycles. The molecule has 0 nitrogen and oxygen atoms in total. The van der Waals surface area contributed by atoms with Crippen molar-refractivity contribution in [3.63, 3.8) is 0 Å². The van der Waals surface area contributed by atoms with Gasteiger partial charge in [0.2, 0.25) is 0 Å². The molecule has 2 fully saturated rings. The van der Waals surface area contributed by atoms with Gasteiger partial charge in [-0.2, -0.15) is 0 Å². The molecule has 0 bridgehead atoms. The molecule has 0 heteroatoms. The minimum absolute atomic E-state index is 0.902. The van der Waals surface area contributed by atoms with Gasteiger partial charge >= 0.3 is 0 Å². The van der Waals surface area contributed by atoms with Crippen LogP contribution in [0.5, 0.6) is 0 Å². The highest BCUT2D eigenvalue weighted by Crippen LogP contribution is 2.36. The lowest BCUT2D eigenvalue weighted by Crippen LogP contribution is -2.15. The van der Waals surface area contributed by atoms with Gasteiger partial charge < -0.3 is 0 Å². The molecule has 0 unspecified atom stereocenters. The van der Waals surface area contributed by atoms with Crippen molar-refractivity contribution in [3.8, 4) is 0 Å². The van der Waals surface area contributed by atoms with Crippen molar-refractivity contribution in [2.45, 2.75) is 110 Å². The molecule has 0 N–H and O–H groups in total. The molecular formula is C25H44. The number of unbranched alkanes of at least 4 members (excludes halogenated alkanes) is 1. The average Bonchev–Trinajstić information content (AvgIpc) is 2.66. The van der Waals surface area contributed by atoms with Crippen LogP contribution in [0.2, 0.25) is 0 Å². The third-order valence-electron chi connectivity index (χ3n) is 6.95. The first-order chi connectivity index (χ1) is 12.3. The zero-order chi connectivity index (χ0) is 17.7. The van der Waals surface area contributed by atoms with Gasteiger partial charge in [-0.1, -0.05) is 82.6 Å². The number of allylic oxidation sites excluding steroid dienone is 4. The van der Waals surface area contributed by atoms with E-state index in [4.69, 9.17) is 0 Å². The fourth-order valence-electron chi connectivity index (χ4n) is 5.17. The van der Waals surface area contributed by atoms with E-state index in [0.29, 0.717) is 0 Å². The predicted molar refractivity (Wildman–Crippen MR) is 113 cm³/mol. The highest BCUT2D eigenvalue weighted by molar-refractivity contribution is 4.90. The lowest BCUT2D eigenvalue weighted by molar-refractivity contribution is 0.243. The Morgan fingerprint density at radius 1 is 0.680 bits per heavy atom. The molecule has 0 aliphatic heterocycles. The van der Waals surface area contributed by atoms with Gasteiger partial charge in [-0.25, -0.2) is 0 Å². The lowest BCUT2D eigenvalue weighted by Gasteiger charge is -2.29. The summed E-state index contributed by atoms with van der Waals surface area (Å²) in [5.41, 5.74) is 0. The van der Waals surface area contributed by atoms with Crippen LogP contribution in [0.15, 0.2) is 24.3 Å². The van der Waals surface area contributed by atoms with Crippen LogP contribution < -0.4 is 0 Å². The summed E-state index contributed by atoms with van der Waals surface area (Å²) in [7, 11) is 0. The molecule has 2 aliphatic carbocycles. The van der Waals surface area contributed by atoms with Crippen molar-refractivity contribution in [1.29, 1.82) is 0 Å². The molecule has 0 spiro atoms. The fourth-order valence-corrected chi connectivity index (χ4v) is 5.17. The van der Waals surface area contributed by atoms with Gasteiger partial charge in [0.1, 0.15) is 0 Å². The minimum Gasteiger partial charge on any atom is -0.0917 e. The van der Waals surface area contributed by atoms with Crippen molar-refractivity contribution < 1.29 is 0 Å². The van der Waals surface area contributed by atoms with Gasteiger partial charge in [0, 0.05) is 0 Å². The van der Waals surface area contributed by atoms with E-state index < -0.39 is 0 Å². The zero-order valence-corrected chi connectivity index (χ0v) is 17.2. The van der Waals surface area contributed by atoms with Crippen molar-refractivity contribution >= 4 is 0 Å². The van der Waals surface area contributed by atoms with Crippen molar-refractivity contribution in [3.05, 3.63) is 24.3 Å². The van der Waals surface area contributed by atoms with Gasteiger partial charge in [0.25, 0.3) is 0 Å². The lowest BCUT2D eigenvalue weighted by atomic mass is 9.77. The fraction of sp³-hybridized carbons (Fsp3) is 0.840. The molecule has 2 saturated carbocycles. The third-order valence-corrected chi connectivity index (χ3v) is 6.95. The van der Waals surface area contributed by atoms with E-state index in [1.807, 2.05) is 0 Å². The molecule has 0 atom stereocenters. The second kappa shape index (κ2) is 12.8. The van der Waals surface area contributed by atoms with Gasteiger partial charge in [-0.15, -0.1) is 0 Å². The third kappa shape index (κ3) is 8.61. The van der Waals surface area contributed by atoms with Crippen LogP contribution in [-0.2, 0) is 0 Å². The van der Waals surface area contributed by atoms with E-state index >= 15 is 0 Å². The smallest absolute Gasteiger partial charge is 0.0233 e. The summed E-state index contributed by atoms with van der Waals surface area (Å²) in [4.78, 5) is 0. The van der Waals surface area contributed by atoms with E-state index in [2.05, 4.69) is 38.2 Å². The van der Waals surface area contributed by atoms with E-state index in [9.17, 15) is 0 Å². The van der Waals surface area contributed by atoms with E-state index in [-0.39, 0.29) is 0 Å². The van der Waals surface area contributed by atoms with Crippen LogP contribution >= 0.6 is 0 Å². The Morgan fingerprint density at radius 2 is 1.20 bits per heavy atom. The molecule has 0 heterocycles. The first kappa shape index (κ1) is 20.8. The highest BCUT2D eigenvalue weighted by Gasteiger charge is 2.21. The van der Waals surface area contributed by atoms with Crippen LogP contribution in [0, 0.1) is 23.7 Å². The first-order valence-corrected chi connectivity index (χ1v) is 11.6. The monoisotopic (exact) mass is 344 g/mol. The summed E-state index contributed by atoms with van der Waals surface area (Å²) in [6.07, 6.45) is 31.4. The van der Waals surface area contributed by atoms with Crippen LogP contribution in [0.25, 0.3) is 0 Å². The van der Waals surface area contributed by atoms with Crippen LogP contribution in [0.1, 0.15) is 110 Å². The topological polar surface area (TPSA) is 0 Å². The first-order valence-electron chi connectivity index (χ1n) is 11.6. The highest BCUT2D eigenvalue weighted by atomic mass is 14.3. The molecule has 0 aromatic carbocycles. The number of hydrogen-bond acceptors (Lipinski definition) is 0. The summed E-state index contributed by atoms with van der Waals surface area (Å²) in [6.45, 7) is 4.39. The Balaban J connectivity index is 1.47. The quantitative estimate of drug-likeness (QED) is 0.275. The van der Waals surface area contributed by atoms with E-state index in [1.165, 1.54) is 96.3 Å². The Bertz CT molecular complexity index is 361. The average molecular weight is 345 g/mol. The van der Waals surface area contributed by atoms with Gasteiger partial charge in [0.15, 0.2) is 0 Å². The Hall–Kier alpha value is -0.520. The molecule has 0 aromatic heterocycles. The molecule has 0 amide bonds. The normalized spacial score (nSPS) is 31.1. The standard InChI is InChI=1S/C25H44/c1-3-5-7-11-23-18-20-25(21-19-23)13-9-8-12-24-16-14-22(15-17-24)10-6-4-2/h3,5-6,10,22-25H,4,7-9,11-21H2,1-2H3/t22?,23-,24?,25-. The summed E-state index contributed by atoms with van der Waals surface area (Å²) in [5, 5.41) is 0. The zero-order valence-electron chi connectivity index (χ0n) is 17.2. The van der Waals surface area contributed by atoms with Gasteiger partial charge in [0.05, 0.1) is 0 Å². The minimum atomic E-state index is 0.902. The Kier molecular flexibility index (Phi) is 10.6. The van der Waals surface area contributed by atoms with Gasteiger partial charge in [-0.3, -0.25) is 0 Å². The second-order valence-electron chi connectivity index (χ2n) is 8.93. The number of hydrogen-bond donors (Lipinski definition) is 0. The molecule has 2 rings (SSSR count). The van der Waals surface area contributed by atoms with Crippen molar-refractivity contribution in [2.24, 2.45) is 23.7 Å². The molecule has 2 aliphatic rings. The number of rotatable bonds is 10. The SMILES string of the molecule is CC=CCC[C@H]1CC[C@H](CCCCC2CCC(C=CCC)CC2)CC1. The molecule has 0 aromatic rings. The van der Waals surface area contributed by atoms with E-state index in [1.54, 1.807) is 0 Å². The van der Waals surface area contributed by atoms with Gasteiger partial charge in [-0.05, 0) is 75.5 Å². The largest absolute Gasteiger partial charge is 0.0917 e. The van der Waals surface area contributed by atoms with Crippen molar-refractivity contribution in [1.82, 2.24) is 0 Å². The van der Waals surface area contributed by atoms with Crippen LogP contribution in [-0.4, -0.2) is 0 Å². The molecule has 0 radical (unpaired) electrons. The second-order valence-corrected chi connectivity index (χ2v) is 8.93. The van der Waals surface area contributed by atoms with Crippen LogP contribution in [0.3, 0.4) is 0 Å². The predicted octanol–water partition coefficient (Wildman–Crippen LogP) is 8.48. The summed E-state index contributed by atoms with van der Waals surface area (Å²) < 4.78 is 0. The molecule has 25 heavy (non-hydrogen) atoms.